The lowest BCUT2D eigenvalue weighted by molar-refractivity contribution is -0.00435. The molecule has 0 amide bonds. The minimum absolute atomic E-state index is 0.412. The molecule has 1 atom stereocenters. The van der Waals surface area contributed by atoms with Crippen LogP contribution in [0.3, 0.4) is 0 Å². The standard InChI is InChI=1S/C13H15ClN2O/c1-10-9-17-5-4-16(10)8-12-3-2-11(7-15)6-13(12)14/h2-3,6,10H,4-5,8-9H2,1H3. The monoisotopic (exact) mass is 250 g/mol. The Bertz CT molecular complexity index is 442. The highest BCUT2D eigenvalue weighted by molar-refractivity contribution is 6.31. The van der Waals surface area contributed by atoms with Gasteiger partial charge in [0.1, 0.15) is 0 Å². The summed E-state index contributed by atoms with van der Waals surface area (Å²) in [6, 6.07) is 7.97. The van der Waals surface area contributed by atoms with Crippen LogP contribution in [-0.4, -0.2) is 30.7 Å². The Morgan fingerprint density at radius 3 is 3.06 bits per heavy atom. The number of halogens is 1. The molecule has 90 valence electrons. The molecule has 17 heavy (non-hydrogen) atoms. The van der Waals surface area contributed by atoms with Crippen molar-refractivity contribution >= 4 is 11.6 Å². The van der Waals surface area contributed by atoms with Crippen molar-refractivity contribution in [1.29, 1.82) is 5.26 Å². The predicted octanol–water partition coefficient (Wildman–Crippen LogP) is 2.43. The van der Waals surface area contributed by atoms with E-state index in [1.807, 2.05) is 12.1 Å². The van der Waals surface area contributed by atoms with Gasteiger partial charge in [-0.15, -0.1) is 0 Å². The lowest BCUT2D eigenvalue weighted by atomic mass is 10.1. The highest BCUT2D eigenvalue weighted by Crippen LogP contribution is 2.21. The van der Waals surface area contributed by atoms with Crippen molar-refractivity contribution in [3.8, 4) is 6.07 Å². The van der Waals surface area contributed by atoms with E-state index in [0.717, 1.165) is 31.9 Å². The van der Waals surface area contributed by atoms with E-state index in [9.17, 15) is 0 Å². The Balaban J connectivity index is 2.10. The van der Waals surface area contributed by atoms with Crippen LogP contribution >= 0.6 is 11.6 Å². The van der Waals surface area contributed by atoms with Crippen LogP contribution in [-0.2, 0) is 11.3 Å². The van der Waals surface area contributed by atoms with Crippen molar-refractivity contribution in [2.75, 3.05) is 19.8 Å². The van der Waals surface area contributed by atoms with Crippen molar-refractivity contribution in [3.05, 3.63) is 34.3 Å². The summed E-state index contributed by atoms with van der Waals surface area (Å²) in [6.45, 7) is 5.44. The zero-order chi connectivity index (χ0) is 12.3. The summed E-state index contributed by atoms with van der Waals surface area (Å²) < 4.78 is 5.40. The molecule has 3 nitrogen and oxygen atoms in total. The number of hydrogen-bond acceptors (Lipinski definition) is 3. The number of benzene rings is 1. The fourth-order valence-corrected chi connectivity index (χ4v) is 2.20. The SMILES string of the molecule is CC1COCCN1Cc1ccc(C#N)cc1Cl. The maximum absolute atomic E-state index is 8.78. The predicted molar refractivity (Wildman–Crippen MR) is 66.9 cm³/mol. The van der Waals surface area contributed by atoms with E-state index < -0.39 is 0 Å². The van der Waals surface area contributed by atoms with Crippen LogP contribution in [0.5, 0.6) is 0 Å². The summed E-state index contributed by atoms with van der Waals surface area (Å²) in [5, 5.41) is 9.45. The van der Waals surface area contributed by atoms with Gasteiger partial charge < -0.3 is 4.74 Å². The molecule has 1 saturated heterocycles. The second kappa shape index (κ2) is 5.50. The first kappa shape index (κ1) is 12.4. The highest BCUT2D eigenvalue weighted by atomic mass is 35.5. The van der Waals surface area contributed by atoms with Gasteiger partial charge in [0, 0.05) is 24.2 Å². The summed E-state index contributed by atoms with van der Waals surface area (Å²) in [4.78, 5) is 2.34. The first-order chi connectivity index (χ1) is 8.20. The third-order valence-electron chi connectivity index (χ3n) is 3.06. The van der Waals surface area contributed by atoms with E-state index in [4.69, 9.17) is 21.6 Å². The first-order valence-electron chi connectivity index (χ1n) is 5.71. The molecular weight excluding hydrogens is 236 g/mol. The normalized spacial score (nSPS) is 21.1. The van der Waals surface area contributed by atoms with Crippen molar-refractivity contribution in [1.82, 2.24) is 4.90 Å². The second-order valence-corrected chi connectivity index (χ2v) is 4.72. The summed E-state index contributed by atoms with van der Waals surface area (Å²) >= 11 is 6.17. The first-order valence-corrected chi connectivity index (χ1v) is 6.09. The largest absolute Gasteiger partial charge is 0.379 e. The molecule has 0 N–H and O–H groups in total. The van der Waals surface area contributed by atoms with E-state index in [1.54, 1.807) is 6.07 Å². The molecule has 0 bridgehead atoms. The lowest BCUT2D eigenvalue weighted by Gasteiger charge is -2.33. The van der Waals surface area contributed by atoms with E-state index in [2.05, 4.69) is 17.9 Å². The number of rotatable bonds is 2. The van der Waals surface area contributed by atoms with Gasteiger partial charge in [-0.2, -0.15) is 5.26 Å². The Labute approximate surface area is 107 Å². The van der Waals surface area contributed by atoms with E-state index >= 15 is 0 Å². The maximum Gasteiger partial charge on any atom is 0.0992 e. The van der Waals surface area contributed by atoms with Crippen molar-refractivity contribution in [3.63, 3.8) is 0 Å². The zero-order valence-electron chi connectivity index (χ0n) is 9.82. The average Bonchev–Trinajstić information content (AvgIpc) is 2.34. The summed E-state index contributed by atoms with van der Waals surface area (Å²) in [5.74, 6) is 0. The Morgan fingerprint density at radius 1 is 1.59 bits per heavy atom. The number of ether oxygens (including phenoxy) is 1. The molecule has 1 heterocycles. The van der Waals surface area contributed by atoms with Gasteiger partial charge in [-0.05, 0) is 24.6 Å². The van der Waals surface area contributed by atoms with Gasteiger partial charge in [0.25, 0.3) is 0 Å². The molecule has 4 heteroatoms. The Kier molecular flexibility index (Phi) is 4.01. The van der Waals surface area contributed by atoms with Gasteiger partial charge in [-0.3, -0.25) is 4.90 Å². The zero-order valence-corrected chi connectivity index (χ0v) is 10.6. The fourth-order valence-electron chi connectivity index (χ4n) is 1.96. The molecule has 0 spiro atoms. The van der Waals surface area contributed by atoms with Crippen molar-refractivity contribution in [2.24, 2.45) is 0 Å². The molecule has 1 fully saturated rings. The number of nitriles is 1. The number of hydrogen-bond donors (Lipinski definition) is 0. The van der Waals surface area contributed by atoms with Gasteiger partial charge in [0.05, 0.1) is 24.8 Å². The fraction of sp³-hybridized carbons (Fsp3) is 0.462. The average molecular weight is 251 g/mol. The van der Waals surface area contributed by atoms with Gasteiger partial charge in [-0.25, -0.2) is 0 Å². The van der Waals surface area contributed by atoms with Crippen LogP contribution < -0.4 is 0 Å². The molecule has 1 aliphatic heterocycles. The summed E-state index contributed by atoms with van der Waals surface area (Å²) in [5.41, 5.74) is 1.67. The van der Waals surface area contributed by atoms with E-state index in [-0.39, 0.29) is 0 Å². The Morgan fingerprint density at radius 2 is 2.41 bits per heavy atom. The van der Waals surface area contributed by atoms with Crippen LogP contribution in [0.1, 0.15) is 18.1 Å². The van der Waals surface area contributed by atoms with Gasteiger partial charge in [0.15, 0.2) is 0 Å². The van der Waals surface area contributed by atoms with Crippen LogP contribution in [0.2, 0.25) is 5.02 Å². The summed E-state index contributed by atoms with van der Waals surface area (Å²) in [6.07, 6.45) is 0. The topological polar surface area (TPSA) is 36.3 Å². The van der Waals surface area contributed by atoms with Gasteiger partial charge in [0.2, 0.25) is 0 Å². The Hall–Kier alpha value is -1.08. The van der Waals surface area contributed by atoms with E-state index in [1.165, 1.54) is 0 Å². The number of morpholine rings is 1. The molecule has 0 aliphatic carbocycles. The molecular formula is C13H15ClN2O. The smallest absolute Gasteiger partial charge is 0.0992 e. The number of nitrogens with zero attached hydrogens (tertiary/aromatic N) is 2. The molecule has 1 aromatic rings. The van der Waals surface area contributed by atoms with Crippen molar-refractivity contribution < 1.29 is 4.74 Å². The molecule has 2 rings (SSSR count). The molecule has 0 radical (unpaired) electrons. The molecule has 1 unspecified atom stereocenters. The minimum Gasteiger partial charge on any atom is -0.379 e. The van der Waals surface area contributed by atoms with E-state index in [0.29, 0.717) is 16.6 Å². The van der Waals surface area contributed by atoms with Crippen LogP contribution in [0.15, 0.2) is 18.2 Å². The van der Waals surface area contributed by atoms with Crippen LogP contribution in [0.4, 0.5) is 0 Å². The highest BCUT2D eigenvalue weighted by Gasteiger charge is 2.19. The van der Waals surface area contributed by atoms with Crippen molar-refractivity contribution in [2.45, 2.75) is 19.5 Å². The summed E-state index contributed by atoms with van der Waals surface area (Å²) in [7, 11) is 0. The lowest BCUT2D eigenvalue weighted by Crippen LogP contribution is -2.42. The third-order valence-corrected chi connectivity index (χ3v) is 3.41. The van der Waals surface area contributed by atoms with Crippen LogP contribution in [0, 0.1) is 11.3 Å². The quantitative estimate of drug-likeness (QED) is 0.809. The minimum atomic E-state index is 0.412. The van der Waals surface area contributed by atoms with Gasteiger partial charge >= 0.3 is 0 Å². The maximum atomic E-state index is 8.78. The van der Waals surface area contributed by atoms with Gasteiger partial charge in [-0.1, -0.05) is 17.7 Å². The molecule has 1 aromatic carbocycles. The molecule has 1 aliphatic rings. The second-order valence-electron chi connectivity index (χ2n) is 4.31. The molecule has 0 saturated carbocycles. The third kappa shape index (κ3) is 2.98. The molecule has 0 aromatic heterocycles. The van der Waals surface area contributed by atoms with Crippen LogP contribution in [0.25, 0.3) is 0 Å².